The number of aromatic nitrogens is 1. The fraction of sp³-hybridized carbons (Fsp3) is 0.500. The number of carbonyl (C=O) groups excluding carboxylic acids is 2. The van der Waals surface area contributed by atoms with Gasteiger partial charge >= 0.3 is 0 Å². The summed E-state index contributed by atoms with van der Waals surface area (Å²) in [5.41, 5.74) is 7.27. The topological polar surface area (TPSA) is 110 Å². The van der Waals surface area contributed by atoms with E-state index in [9.17, 15) is 9.59 Å². The molecule has 2 unspecified atom stereocenters. The summed E-state index contributed by atoms with van der Waals surface area (Å²) >= 11 is 0. The minimum absolute atomic E-state index is 0.0146. The molecule has 3 aliphatic rings. The normalized spacial score (nSPS) is 28.9. The van der Waals surface area contributed by atoms with Crippen LogP contribution in [0.2, 0.25) is 0 Å². The van der Waals surface area contributed by atoms with E-state index in [-0.39, 0.29) is 48.0 Å². The van der Waals surface area contributed by atoms with E-state index in [4.69, 9.17) is 10.5 Å². The number of ether oxygens (including phenoxy) is 1. The molecule has 190 valence electrons. The highest BCUT2D eigenvalue weighted by Gasteiger charge is 2.59. The lowest BCUT2D eigenvalue weighted by Crippen LogP contribution is -2.52. The Labute approximate surface area is 212 Å². The smallest absolute Gasteiger partial charge is 0.232 e. The molecule has 36 heavy (non-hydrogen) atoms. The molecular weight excluding hydrogens is 454 g/mol. The summed E-state index contributed by atoms with van der Waals surface area (Å²) in [6.45, 7) is 9.93. The number of nitrogens with two attached hydrogens (primary N) is 1. The molecule has 0 saturated heterocycles. The highest BCUT2D eigenvalue weighted by molar-refractivity contribution is 5.99. The lowest BCUT2D eigenvalue weighted by molar-refractivity contribution is -0.132. The molecule has 3 N–H and O–H groups in total. The first-order chi connectivity index (χ1) is 17.0. The number of nitrogens with one attached hydrogen (secondary N) is 1. The van der Waals surface area contributed by atoms with Crippen molar-refractivity contribution in [3.63, 3.8) is 0 Å². The predicted octanol–water partition coefficient (Wildman–Crippen LogP) is 3.75. The van der Waals surface area contributed by atoms with Gasteiger partial charge in [-0.15, -0.1) is 0 Å². The summed E-state index contributed by atoms with van der Waals surface area (Å²) in [5.74, 6) is 0.606. The molecule has 1 aromatic heterocycles. The molecule has 3 heterocycles. The van der Waals surface area contributed by atoms with E-state index in [0.29, 0.717) is 6.42 Å². The minimum Gasteiger partial charge on any atom is -0.487 e. The van der Waals surface area contributed by atoms with Crippen LogP contribution in [0.4, 0.5) is 0 Å². The summed E-state index contributed by atoms with van der Waals surface area (Å²) in [6.07, 6.45) is 4.38. The monoisotopic (exact) mass is 489 g/mol. The second-order valence-electron chi connectivity index (χ2n) is 11.6. The maximum atomic E-state index is 13.7. The van der Waals surface area contributed by atoms with Crippen molar-refractivity contribution in [2.45, 2.75) is 70.7 Å². The molecule has 2 aliphatic heterocycles. The maximum Gasteiger partial charge on any atom is 0.232 e. The number of fused-ring (bicyclic) bond motifs is 1. The number of amides is 2. The number of rotatable bonds is 5. The second-order valence-corrected chi connectivity index (χ2v) is 11.6. The maximum absolute atomic E-state index is 13.7. The average Bonchev–Trinajstić information content (AvgIpc) is 3.45. The summed E-state index contributed by atoms with van der Waals surface area (Å²) in [7, 11) is 0. The van der Waals surface area contributed by atoms with E-state index in [1.165, 1.54) is 0 Å². The van der Waals surface area contributed by atoms with Crippen LogP contribution in [0.5, 0.6) is 5.75 Å². The van der Waals surface area contributed by atoms with Gasteiger partial charge < -0.3 is 15.8 Å². The second kappa shape index (κ2) is 8.61. The summed E-state index contributed by atoms with van der Waals surface area (Å²) < 4.78 is 6.14. The number of carbonyl (C=O) groups is 2. The van der Waals surface area contributed by atoms with Crippen molar-refractivity contribution in [3.05, 3.63) is 59.9 Å². The first-order valence-corrected chi connectivity index (χ1v) is 12.6. The molecule has 0 radical (unpaired) electrons. The lowest BCUT2D eigenvalue weighted by atomic mass is 9.89. The van der Waals surface area contributed by atoms with E-state index in [0.717, 1.165) is 16.9 Å². The standard InChI is InChI=1S/C28H35N5O3/c1-16-22(23(16)25(35)31-19-13-28(4,5)36-20-11-7-6-10-18(19)20)24(17-9-8-12-30-15-17)33-21(34)14-27(2,3)32-26(33)29/h6-12,15-16,19,22-24H,13-14H2,1-5H3,(H2,29,32)(H,31,35)/t16?,19-,22-,23-,24?/m0/s1. The molecule has 5 rings (SSSR count). The lowest BCUT2D eigenvalue weighted by Gasteiger charge is -2.38. The van der Waals surface area contributed by atoms with Crippen LogP contribution in [-0.4, -0.2) is 38.8 Å². The van der Waals surface area contributed by atoms with E-state index in [1.807, 2.05) is 64.1 Å². The Bertz CT molecular complexity index is 1210. The average molecular weight is 490 g/mol. The van der Waals surface area contributed by atoms with Crippen LogP contribution in [0, 0.1) is 17.8 Å². The van der Waals surface area contributed by atoms with Gasteiger partial charge in [0.2, 0.25) is 11.8 Å². The van der Waals surface area contributed by atoms with Gasteiger partial charge in [-0.1, -0.05) is 31.2 Å². The van der Waals surface area contributed by atoms with Crippen molar-refractivity contribution < 1.29 is 14.3 Å². The Kier molecular flexibility index (Phi) is 5.80. The van der Waals surface area contributed by atoms with Gasteiger partial charge in [0, 0.05) is 30.3 Å². The van der Waals surface area contributed by atoms with Gasteiger partial charge in [0.05, 0.1) is 24.0 Å². The number of pyridine rings is 1. The number of guanidine groups is 1. The zero-order valence-corrected chi connectivity index (χ0v) is 21.6. The molecule has 1 fully saturated rings. The molecule has 5 atom stereocenters. The molecule has 0 bridgehead atoms. The number of benzene rings is 1. The molecule has 1 aromatic carbocycles. The van der Waals surface area contributed by atoms with E-state index < -0.39 is 17.2 Å². The Balaban J connectivity index is 1.43. The van der Waals surface area contributed by atoms with Crippen molar-refractivity contribution in [2.24, 2.45) is 28.5 Å². The van der Waals surface area contributed by atoms with Gasteiger partial charge in [-0.3, -0.25) is 19.5 Å². The summed E-state index contributed by atoms with van der Waals surface area (Å²) in [5, 5.41) is 3.30. The minimum atomic E-state index is -0.549. The first-order valence-electron chi connectivity index (χ1n) is 12.6. The van der Waals surface area contributed by atoms with Crippen molar-refractivity contribution in [1.82, 2.24) is 15.2 Å². The number of para-hydroxylation sites is 1. The third-order valence-corrected chi connectivity index (χ3v) is 7.63. The molecule has 1 saturated carbocycles. The molecule has 8 heteroatoms. The fourth-order valence-electron chi connectivity index (χ4n) is 5.97. The van der Waals surface area contributed by atoms with Crippen LogP contribution in [-0.2, 0) is 9.59 Å². The van der Waals surface area contributed by atoms with Crippen LogP contribution in [0.3, 0.4) is 0 Å². The Hall–Kier alpha value is -3.42. The summed E-state index contributed by atoms with van der Waals surface area (Å²) in [4.78, 5) is 37.4. The van der Waals surface area contributed by atoms with Gasteiger partial charge in [0.1, 0.15) is 11.4 Å². The van der Waals surface area contributed by atoms with Crippen LogP contribution in [0.1, 0.15) is 70.7 Å². The Morgan fingerprint density at radius 1 is 1.19 bits per heavy atom. The number of nitrogens with zero attached hydrogens (tertiary/aromatic N) is 3. The van der Waals surface area contributed by atoms with E-state index in [1.54, 1.807) is 17.3 Å². The van der Waals surface area contributed by atoms with Crippen LogP contribution in [0.15, 0.2) is 53.8 Å². The quantitative estimate of drug-likeness (QED) is 0.665. The number of hydrogen-bond acceptors (Lipinski definition) is 6. The number of aliphatic imine (C=N–C) groups is 1. The van der Waals surface area contributed by atoms with E-state index >= 15 is 0 Å². The van der Waals surface area contributed by atoms with Crippen molar-refractivity contribution in [1.29, 1.82) is 0 Å². The van der Waals surface area contributed by atoms with Crippen molar-refractivity contribution in [2.75, 3.05) is 0 Å². The van der Waals surface area contributed by atoms with E-state index in [2.05, 4.69) is 22.2 Å². The molecule has 2 amide bonds. The molecular formula is C28H35N5O3. The third kappa shape index (κ3) is 4.45. The zero-order valence-electron chi connectivity index (χ0n) is 21.6. The molecule has 8 nitrogen and oxygen atoms in total. The number of hydrogen-bond donors (Lipinski definition) is 2. The largest absolute Gasteiger partial charge is 0.487 e. The predicted molar refractivity (Wildman–Crippen MR) is 137 cm³/mol. The van der Waals surface area contributed by atoms with Crippen LogP contribution >= 0.6 is 0 Å². The van der Waals surface area contributed by atoms with Crippen molar-refractivity contribution in [3.8, 4) is 5.75 Å². The van der Waals surface area contributed by atoms with Crippen LogP contribution in [0.25, 0.3) is 0 Å². The molecule has 2 aromatic rings. The summed E-state index contributed by atoms with van der Waals surface area (Å²) in [6, 6.07) is 11.1. The zero-order chi connectivity index (χ0) is 25.8. The molecule has 0 spiro atoms. The first kappa shape index (κ1) is 24.3. The van der Waals surface area contributed by atoms with Crippen LogP contribution < -0.4 is 15.8 Å². The Morgan fingerprint density at radius 2 is 1.94 bits per heavy atom. The highest BCUT2D eigenvalue weighted by Crippen LogP contribution is 2.56. The molecule has 1 aliphatic carbocycles. The third-order valence-electron chi connectivity index (χ3n) is 7.63. The van der Waals surface area contributed by atoms with Gasteiger partial charge in [-0.2, -0.15) is 0 Å². The fourth-order valence-corrected chi connectivity index (χ4v) is 5.97. The van der Waals surface area contributed by atoms with Crippen molar-refractivity contribution >= 4 is 17.8 Å². The van der Waals surface area contributed by atoms with Gasteiger partial charge in [-0.05, 0) is 57.2 Å². The van der Waals surface area contributed by atoms with Gasteiger partial charge in [0.25, 0.3) is 0 Å². The SMILES string of the molecule is CC1[C@H](C(c2cccnc2)N2C(=O)CC(C)(C)N=C2N)[C@H]1C(=O)N[C@H]1CC(C)(C)Oc2ccccc21. The Morgan fingerprint density at radius 3 is 2.64 bits per heavy atom. The highest BCUT2D eigenvalue weighted by atomic mass is 16.5. The van der Waals surface area contributed by atoms with Gasteiger partial charge in [0.15, 0.2) is 5.96 Å². The van der Waals surface area contributed by atoms with Gasteiger partial charge in [-0.25, -0.2) is 4.99 Å².